The van der Waals surface area contributed by atoms with Crippen LogP contribution in [-0.2, 0) is 0 Å². The Balaban J connectivity index is 0.00000289. The SMILES string of the molecule is Cc1n[nH]c(C)c1C(c1ccccc1)N1CCN(c2nccnc2-c2ccc(Cl)c(Cl)c2)CC1.Cl. The number of hydrogen-bond acceptors (Lipinski definition) is 5. The topological polar surface area (TPSA) is 60.9 Å². The maximum absolute atomic E-state index is 6.28. The van der Waals surface area contributed by atoms with E-state index in [-0.39, 0.29) is 18.4 Å². The van der Waals surface area contributed by atoms with Crippen molar-refractivity contribution in [1.29, 1.82) is 0 Å². The number of hydrogen-bond donors (Lipinski definition) is 1. The highest BCUT2D eigenvalue weighted by atomic mass is 35.5. The summed E-state index contributed by atoms with van der Waals surface area (Å²) < 4.78 is 0. The molecule has 3 heterocycles. The van der Waals surface area contributed by atoms with Gasteiger partial charge in [0.1, 0.15) is 5.69 Å². The van der Waals surface area contributed by atoms with E-state index in [1.165, 1.54) is 11.1 Å². The van der Waals surface area contributed by atoms with Gasteiger partial charge in [0.15, 0.2) is 5.82 Å². The number of aryl methyl sites for hydroxylation is 2. The van der Waals surface area contributed by atoms with Gasteiger partial charge in [-0.1, -0.05) is 59.6 Å². The number of halogens is 3. The van der Waals surface area contributed by atoms with Crippen molar-refractivity contribution >= 4 is 41.4 Å². The summed E-state index contributed by atoms with van der Waals surface area (Å²) in [6.07, 6.45) is 3.46. The summed E-state index contributed by atoms with van der Waals surface area (Å²) in [5.74, 6) is 0.868. The number of anilines is 1. The number of aromatic nitrogens is 4. The van der Waals surface area contributed by atoms with Gasteiger partial charge in [-0.2, -0.15) is 5.10 Å². The molecule has 35 heavy (non-hydrogen) atoms. The number of rotatable bonds is 5. The maximum atomic E-state index is 6.28. The van der Waals surface area contributed by atoms with Gasteiger partial charge in [0.25, 0.3) is 0 Å². The summed E-state index contributed by atoms with van der Waals surface area (Å²) in [6, 6.07) is 16.4. The number of H-pyrrole nitrogens is 1. The molecule has 1 saturated heterocycles. The lowest BCUT2D eigenvalue weighted by molar-refractivity contribution is 0.211. The summed E-state index contributed by atoms with van der Waals surface area (Å²) in [5, 5.41) is 8.69. The van der Waals surface area contributed by atoms with Crippen molar-refractivity contribution in [2.75, 3.05) is 31.1 Å². The van der Waals surface area contributed by atoms with E-state index in [0.29, 0.717) is 10.0 Å². The highest BCUT2D eigenvalue weighted by molar-refractivity contribution is 6.42. The standard InChI is InChI=1S/C26H26Cl2N6.ClH/c1-17-23(18(2)32-31-17)25(19-6-4-3-5-7-19)33-12-14-34(15-13-33)26-24(29-10-11-30-26)20-8-9-21(27)22(28)16-20;/h3-11,16,25H,12-15H2,1-2H3,(H,31,32);1H. The Kier molecular flexibility index (Phi) is 7.97. The number of piperazine rings is 1. The molecule has 6 nitrogen and oxygen atoms in total. The van der Waals surface area contributed by atoms with E-state index in [9.17, 15) is 0 Å². The molecule has 1 aliphatic heterocycles. The van der Waals surface area contributed by atoms with Crippen LogP contribution in [0.3, 0.4) is 0 Å². The first-order valence-electron chi connectivity index (χ1n) is 11.3. The third kappa shape index (κ3) is 5.16. The molecule has 0 spiro atoms. The van der Waals surface area contributed by atoms with Gasteiger partial charge in [-0.25, -0.2) is 4.98 Å². The molecule has 0 saturated carbocycles. The van der Waals surface area contributed by atoms with Crippen molar-refractivity contribution in [2.24, 2.45) is 0 Å². The minimum Gasteiger partial charge on any atom is -0.352 e. The Morgan fingerprint density at radius 3 is 2.26 bits per heavy atom. The zero-order valence-electron chi connectivity index (χ0n) is 19.6. The highest BCUT2D eigenvalue weighted by Gasteiger charge is 2.30. The molecule has 9 heteroatoms. The largest absolute Gasteiger partial charge is 0.352 e. The molecule has 182 valence electrons. The van der Waals surface area contributed by atoms with Gasteiger partial charge >= 0.3 is 0 Å². The molecule has 0 aliphatic carbocycles. The van der Waals surface area contributed by atoms with Gasteiger partial charge < -0.3 is 4.90 Å². The zero-order chi connectivity index (χ0) is 23.7. The van der Waals surface area contributed by atoms with Crippen LogP contribution in [0.15, 0.2) is 60.9 Å². The number of nitrogens with zero attached hydrogens (tertiary/aromatic N) is 5. The lowest BCUT2D eigenvalue weighted by Crippen LogP contribution is -2.48. The van der Waals surface area contributed by atoms with Crippen LogP contribution >= 0.6 is 35.6 Å². The molecule has 1 atom stereocenters. The van der Waals surface area contributed by atoms with Crippen LogP contribution in [0.4, 0.5) is 5.82 Å². The molecule has 0 amide bonds. The van der Waals surface area contributed by atoms with E-state index in [0.717, 1.165) is 54.6 Å². The minimum absolute atomic E-state index is 0. The fraction of sp³-hybridized carbons (Fsp3) is 0.269. The second-order valence-corrected chi connectivity index (χ2v) is 9.36. The van der Waals surface area contributed by atoms with Crippen LogP contribution in [-0.4, -0.2) is 51.2 Å². The van der Waals surface area contributed by atoms with Gasteiger partial charge in [0.05, 0.1) is 21.8 Å². The van der Waals surface area contributed by atoms with E-state index in [1.54, 1.807) is 18.5 Å². The first-order chi connectivity index (χ1) is 16.5. The monoisotopic (exact) mass is 528 g/mol. The first kappa shape index (κ1) is 25.5. The van der Waals surface area contributed by atoms with E-state index >= 15 is 0 Å². The van der Waals surface area contributed by atoms with Crippen LogP contribution in [0.2, 0.25) is 10.0 Å². The molecule has 4 aromatic rings. The first-order valence-corrected chi connectivity index (χ1v) is 12.1. The molecular weight excluding hydrogens is 503 g/mol. The number of nitrogens with one attached hydrogen (secondary N) is 1. The minimum atomic E-state index is 0. The predicted octanol–water partition coefficient (Wildman–Crippen LogP) is 6.12. The molecule has 0 bridgehead atoms. The van der Waals surface area contributed by atoms with Crippen LogP contribution in [0, 0.1) is 13.8 Å². The summed E-state index contributed by atoms with van der Waals surface area (Å²) in [7, 11) is 0. The molecule has 1 fully saturated rings. The number of benzene rings is 2. The number of aromatic amines is 1. The Morgan fingerprint density at radius 1 is 0.886 bits per heavy atom. The van der Waals surface area contributed by atoms with Crippen molar-refractivity contribution in [2.45, 2.75) is 19.9 Å². The molecule has 1 aliphatic rings. The van der Waals surface area contributed by atoms with Crippen LogP contribution in [0.1, 0.15) is 28.6 Å². The molecule has 2 aromatic heterocycles. The maximum Gasteiger partial charge on any atom is 0.155 e. The van der Waals surface area contributed by atoms with E-state index < -0.39 is 0 Å². The molecule has 0 radical (unpaired) electrons. The van der Waals surface area contributed by atoms with Crippen molar-refractivity contribution in [3.8, 4) is 11.3 Å². The van der Waals surface area contributed by atoms with Crippen molar-refractivity contribution in [3.05, 3.63) is 93.5 Å². The molecular formula is C26H27Cl3N6. The third-order valence-electron chi connectivity index (χ3n) is 6.42. The fourth-order valence-corrected chi connectivity index (χ4v) is 5.06. The normalized spacial score (nSPS) is 15.0. The van der Waals surface area contributed by atoms with Crippen molar-refractivity contribution in [3.63, 3.8) is 0 Å². The van der Waals surface area contributed by atoms with Gasteiger partial charge in [-0.3, -0.25) is 15.0 Å². The van der Waals surface area contributed by atoms with E-state index in [2.05, 4.69) is 69.2 Å². The Bertz CT molecular complexity index is 1270. The fourth-order valence-electron chi connectivity index (χ4n) is 4.76. The van der Waals surface area contributed by atoms with Gasteiger partial charge in [0.2, 0.25) is 0 Å². The molecule has 2 aromatic carbocycles. The van der Waals surface area contributed by atoms with Gasteiger partial charge in [-0.15, -0.1) is 12.4 Å². The lowest BCUT2D eigenvalue weighted by Gasteiger charge is -2.40. The predicted molar refractivity (Wildman–Crippen MR) is 145 cm³/mol. The molecule has 1 unspecified atom stereocenters. The van der Waals surface area contributed by atoms with E-state index in [4.69, 9.17) is 28.2 Å². The summed E-state index contributed by atoms with van der Waals surface area (Å²) in [5.41, 5.74) is 6.42. The van der Waals surface area contributed by atoms with Crippen LogP contribution in [0.25, 0.3) is 11.3 Å². The van der Waals surface area contributed by atoms with Gasteiger partial charge in [-0.05, 0) is 31.5 Å². The average Bonchev–Trinajstić information content (AvgIpc) is 3.20. The quantitative estimate of drug-likeness (QED) is 0.337. The van der Waals surface area contributed by atoms with Crippen molar-refractivity contribution in [1.82, 2.24) is 25.1 Å². The van der Waals surface area contributed by atoms with Crippen LogP contribution < -0.4 is 4.90 Å². The van der Waals surface area contributed by atoms with E-state index in [1.807, 2.05) is 12.1 Å². The Morgan fingerprint density at radius 2 is 1.60 bits per heavy atom. The zero-order valence-corrected chi connectivity index (χ0v) is 21.9. The second-order valence-electron chi connectivity index (χ2n) is 8.54. The molecule has 5 rings (SSSR count). The van der Waals surface area contributed by atoms with Crippen LogP contribution in [0.5, 0.6) is 0 Å². The van der Waals surface area contributed by atoms with Crippen molar-refractivity contribution < 1.29 is 0 Å². The lowest BCUT2D eigenvalue weighted by atomic mass is 9.95. The van der Waals surface area contributed by atoms with Gasteiger partial charge in [0, 0.05) is 55.4 Å². The third-order valence-corrected chi connectivity index (χ3v) is 7.16. The smallest absolute Gasteiger partial charge is 0.155 e. The second kappa shape index (κ2) is 11.0. The summed E-state index contributed by atoms with van der Waals surface area (Å²) in [6.45, 7) is 7.64. The summed E-state index contributed by atoms with van der Waals surface area (Å²) >= 11 is 12.4. The highest BCUT2D eigenvalue weighted by Crippen LogP contribution is 2.35. The Hall–Kier alpha value is -2.64. The Labute approximate surface area is 221 Å². The summed E-state index contributed by atoms with van der Waals surface area (Å²) in [4.78, 5) is 14.2. The molecule has 1 N–H and O–H groups in total. The average molecular weight is 530 g/mol.